The molecule has 0 bridgehead atoms. The molecule has 44 heavy (non-hydrogen) atoms. The molecule has 11 nitrogen and oxygen atoms in total. The number of thiazole rings is 1. The maximum Gasteiger partial charge on any atom is 0.265 e. The number of nitrogens with zero attached hydrogens (tertiary/aromatic N) is 4. The number of hydrogen-bond acceptors (Lipinski definition) is 8. The average Bonchev–Trinajstić information content (AvgIpc) is 3.79. The van der Waals surface area contributed by atoms with Crippen LogP contribution in [0.3, 0.4) is 0 Å². The Morgan fingerprint density at radius 2 is 1.82 bits per heavy atom. The summed E-state index contributed by atoms with van der Waals surface area (Å²) >= 11 is 1.30. The smallest absolute Gasteiger partial charge is 0.265 e. The molecule has 1 aromatic heterocycles. The first-order chi connectivity index (χ1) is 21.3. The summed E-state index contributed by atoms with van der Waals surface area (Å²) < 4.78 is 6.56. The van der Waals surface area contributed by atoms with Crippen LogP contribution in [0.25, 0.3) is 0 Å². The Kier molecular flexibility index (Phi) is 8.17. The summed E-state index contributed by atoms with van der Waals surface area (Å²) in [5.41, 5.74) is 4.00. The Labute approximate surface area is 258 Å². The highest BCUT2D eigenvalue weighted by molar-refractivity contribution is 7.11. The number of ether oxygens (including phenoxy) is 1. The molecule has 1 fully saturated rings. The minimum absolute atomic E-state index is 0.0161. The minimum atomic E-state index is -0.687. The monoisotopic (exact) mass is 615 g/mol. The highest BCUT2D eigenvalue weighted by Gasteiger charge is 2.42. The molecule has 0 aliphatic carbocycles. The first-order valence-electron chi connectivity index (χ1n) is 14.7. The van der Waals surface area contributed by atoms with Crippen LogP contribution in [0.1, 0.15) is 67.3 Å². The van der Waals surface area contributed by atoms with Crippen molar-refractivity contribution in [3.8, 4) is 5.75 Å². The van der Waals surface area contributed by atoms with Crippen LogP contribution in [-0.2, 0) is 16.0 Å². The van der Waals surface area contributed by atoms with Gasteiger partial charge in [-0.1, -0.05) is 31.2 Å². The Balaban J connectivity index is 1.31. The Morgan fingerprint density at radius 3 is 2.50 bits per heavy atom. The molecule has 3 aliphatic heterocycles. The molecule has 12 heteroatoms. The molecule has 1 saturated heterocycles. The van der Waals surface area contributed by atoms with Crippen molar-refractivity contribution in [1.82, 2.24) is 25.0 Å². The Bertz CT molecular complexity index is 1590. The molecule has 2 aromatic carbocycles. The third kappa shape index (κ3) is 5.45. The quantitative estimate of drug-likeness (QED) is 0.386. The number of fused-ring (bicyclic) bond motifs is 2. The molecule has 0 spiro atoms. The largest absolute Gasteiger partial charge is 0.488 e. The van der Waals surface area contributed by atoms with E-state index in [1.54, 1.807) is 52.7 Å². The zero-order valence-electron chi connectivity index (χ0n) is 24.5. The number of carbonyl (C=O) groups excluding carboxylic acids is 5. The molecular weight excluding hydrogens is 582 g/mol. The van der Waals surface area contributed by atoms with Crippen LogP contribution in [0.2, 0.25) is 0 Å². The van der Waals surface area contributed by atoms with Gasteiger partial charge in [-0.3, -0.25) is 33.9 Å². The molecule has 1 N–H and O–H groups in total. The van der Waals surface area contributed by atoms with Crippen molar-refractivity contribution in [3.05, 3.63) is 81.3 Å². The van der Waals surface area contributed by atoms with Gasteiger partial charge in [-0.05, 0) is 30.2 Å². The third-order valence-corrected chi connectivity index (χ3v) is 9.33. The van der Waals surface area contributed by atoms with Gasteiger partial charge in [-0.2, -0.15) is 0 Å². The molecule has 228 valence electrons. The van der Waals surface area contributed by atoms with Gasteiger partial charge >= 0.3 is 0 Å². The zero-order valence-corrected chi connectivity index (χ0v) is 25.3. The third-order valence-electron chi connectivity index (χ3n) is 8.57. The zero-order chi connectivity index (χ0) is 31.0. The minimum Gasteiger partial charge on any atom is -0.488 e. The number of likely N-dealkylation sites (tertiary alicyclic amines) is 1. The number of hydrogen-bond donors (Lipinski definition) is 1. The SMILES string of the molecule is CNC(=O)C[C@@H](C)C(=O)N1CCc2cccc(O[C@H]3CCN(C(=O)c4cncs4)C3)c2[C@H]1CN1C(=O)c2ccccc2C1=O. The van der Waals surface area contributed by atoms with Gasteiger partial charge in [-0.15, -0.1) is 11.3 Å². The van der Waals surface area contributed by atoms with Crippen LogP contribution >= 0.6 is 11.3 Å². The normalized spacial score (nSPS) is 19.9. The van der Waals surface area contributed by atoms with E-state index in [9.17, 15) is 24.0 Å². The van der Waals surface area contributed by atoms with Crippen molar-refractivity contribution in [2.24, 2.45) is 5.92 Å². The molecule has 0 radical (unpaired) electrons. The highest BCUT2D eigenvalue weighted by Crippen LogP contribution is 2.40. The lowest BCUT2D eigenvalue weighted by Gasteiger charge is -2.41. The van der Waals surface area contributed by atoms with Gasteiger partial charge in [0.15, 0.2) is 0 Å². The van der Waals surface area contributed by atoms with E-state index in [2.05, 4.69) is 10.3 Å². The van der Waals surface area contributed by atoms with E-state index in [1.807, 2.05) is 18.2 Å². The summed E-state index contributed by atoms with van der Waals surface area (Å²) in [5.74, 6) is -1.45. The number of benzene rings is 2. The van der Waals surface area contributed by atoms with Crippen molar-refractivity contribution in [2.45, 2.75) is 38.3 Å². The fraction of sp³-hybridized carbons (Fsp3) is 0.375. The fourth-order valence-electron chi connectivity index (χ4n) is 6.29. The lowest BCUT2D eigenvalue weighted by Crippen LogP contribution is -2.48. The van der Waals surface area contributed by atoms with Gasteiger partial charge in [0.05, 0.1) is 42.0 Å². The molecule has 6 rings (SSSR count). The first-order valence-corrected chi connectivity index (χ1v) is 15.6. The number of amides is 5. The van der Waals surface area contributed by atoms with E-state index in [4.69, 9.17) is 4.74 Å². The maximum absolute atomic E-state index is 13.9. The lowest BCUT2D eigenvalue weighted by molar-refractivity contribution is -0.140. The number of nitrogens with one attached hydrogen (secondary N) is 1. The van der Waals surface area contributed by atoms with Gasteiger partial charge in [0, 0.05) is 44.5 Å². The first kappa shape index (κ1) is 29.5. The molecule has 4 heterocycles. The van der Waals surface area contributed by atoms with Crippen LogP contribution in [0.4, 0.5) is 0 Å². The fourth-order valence-corrected chi connectivity index (χ4v) is 6.88. The molecule has 3 atom stereocenters. The molecule has 0 unspecified atom stereocenters. The van der Waals surface area contributed by atoms with Crippen molar-refractivity contribution in [3.63, 3.8) is 0 Å². The van der Waals surface area contributed by atoms with E-state index >= 15 is 0 Å². The van der Waals surface area contributed by atoms with Crippen LogP contribution < -0.4 is 10.1 Å². The number of carbonyl (C=O) groups is 5. The lowest BCUT2D eigenvalue weighted by atomic mass is 9.89. The summed E-state index contributed by atoms with van der Waals surface area (Å²) in [4.78, 5) is 75.0. The van der Waals surface area contributed by atoms with Crippen LogP contribution in [0.5, 0.6) is 5.75 Å². The molecule has 3 aliphatic rings. The van der Waals surface area contributed by atoms with Crippen LogP contribution in [0, 0.1) is 5.92 Å². The summed E-state index contributed by atoms with van der Waals surface area (Å²) in [7, 11) is 1.53. The Morgan fingerprint density at radius 1 is 1.07 bits per heavy atom. The van der Waals surface area contributed by atoms with Crippen molar-refractivity contribution < 1.29 is 28.7 Å². The average molecular weight is 616 g/mol. The second-order valence-corrected chi connectivity index (χ2v) is 12.2. The predicted molar refractivity (Wildman–Crippen MR) is 161 cm³/mol. The maximum atomic E-state index is 13.9. The predicted octanol–water partition coefficient (Wildman–Crippen LogP) is 2.93. The van der Waals surface area contributed by atoms with E-state index in [1.165, 1.54) is 23.3 Å². The topological polar surface area (TPSA) is 129 Å². The van der Waals surface area contributed by atoms with Crippen LogP contribution in [0.15, 0.2) is 54.2 Å². The van der Waals surface area contributed by atoms with Crippen molar-refractivity contribution in [1.29, 1.82) is 0 Å². The van der Waals surface area contributed by atoms with Gasteiger partial charge in [0.2, 0.25) is 11.8 Å². The summed E-state index contributed by atoms with van der Waals surface area (Å²) in [6, 6.07) is 11.7. The van der Waals surface area contributed by atoms with Crippen LogP contribution in [-0.4, -0.2) is 88.6 Å². The Hall–Kier alpha value is -4.58. The molecule has 5 amide bonds. The van der Waals surface area contributed by atoms with E-state index in [0.29, 0.717) is 54.2 Å². The van der Waals surface area contributed by atoms with E-state index in [0.717, 1.165) is 11.1 Å². The summed E-state index contributed by atoms with van der Waals surface area (Å²) in [6.07, 6.45) is 2.47. The van der Waals surface area contributed by atoms with Gasteiger partial charge in [0.25, 0.3) is 17.7 Å². The van der Waals surface area contributed by atoms with Gasteiger partial charge in [-0.25, -0.2) is 0 Å². The summed E-state index contributed by atoms with van der Waals surface area (Å²) in [5, 5.41) is 2.57. The van der Waals surface area contributed by atoms with Gasteiger partial charge < -0.3 is 19.9 Å². The number of rotatable bonds is 8. The van der Waals surface area contributed by atoms with Crippen molar-refractivity contribution in [2.75, 3.05) is 33.2 Å². The van der Waals surface area contributed by atoms with E-state index in [-0.39, 0.29) is 36.8 Å². The number of aromatic nitrogens is 1. The molecule has 3 aromatic rings. The standard InChI is InChI=1S/C32H33N5O6S/c1-19(14-27(38)33-2)29(39)36-13-10-20-6-5-9-25(43-21-11-12-35(16-21)32(42)26-15-34-18-44-26)28(20)24(36)17-37-30(40)22-7-3-4-8-23(22)31(37)41/h3-9,15,18-19,21,24H,10-14,16-17H2,1-2H3,(H,33,38)/t19-,21+,24-/m1/s1. The van der Waals surface area contributed by atoms with Crippen molar-refractivity contribution >= 4 is 40.9 Å². The second kappa shape index (κ2) is 12.2. The van der Waals surface area contributed by atoms with Gasteiger partial charge in [0.1, 0.15) is 16.7 Å². The molecular formula is C32H33N5O6S. The van der Waals surface area contributed by atoms with E-state index < -0.39 is 23.8 Å². The summed E-state index contributed by atoms with van der Waals surface area (Å²) in [6.45, 7) is 2.95. The number of imide groups is 1. The molecule has 0 saturated carbocycles. The highest BCUT2D eigenvalue weighted by atomic mass is 32.1. The second-order valence-electron chi connectivity index (χ2n) is 11.3.